The van der Waals surface area contributed by atoms with Crippen molar-refractivity contribution >= 4 is 10.9 Å². The average molecular weight is 513 g/mol. The van der Waals surface area contributed by atoms with Crippen molar-refractivity contribution in [3.05, 3.63) is 105 Å². The van der Waals surface area contributed by atoms with E-state index in [4.69, 9.17) is 9.15 Å². The second-order valence-electron chi connectivity index (χ2n) is 9.62. The molecule has 38 heavy (non-hydrogen) atoms. The summed E-state index contributed by atoms with van der Waals surface area (Å²) in [6.07, 6.45) is 2.39. The molecule has 0 unspecified atom stereocenters. The molecule has 0 aliphatic rings. The molecule has 0 bridgehead atoms. The van der Waals surface area contributed by atoms with Crippen molar-refractivity contribution in [2.75, 3.05) is 7.11 Å². The number of aromatic amines is 1. The minimum Gasteiger partial charge on any atom is -0.497 e. The van der Waals surface area contributed by atoms with E-state index in [1.54, 1.807) is 18.1 Å². The van der Waals surface area contributed by atoms with Crippen molar-refractivity contribution in [3.63, 3.8) is 0 Å². The Balaban J connectivity index is 1.53. The van der Waals surface area contributed by atoms with Crippen molar-refractivity contribution in [3.8, 4) is 5.75 Å². The van der Waals surface area contributed by atoms with Crippen LogP contribution in [0.25, 0.3) is 10.9 Å². The molecule has 1 atom stereocenters. The zero-order valence-electron chi connectivity index (χ0n) is 22.1. The van der Waals surface area contributed by atoms with Gasteiger partial charge in [0.2, 0.25) is 0 Å². The van der Waals surface area contributed by atoms with Crippen molar-refractivity contribution < 1.29 is 9.15 Å². The Morgan fingerprint density at radius 2 is 1.92 bits per heavy atom. The smallest absolute Gasteiger partial charge is 0.252 e. The maximum Gasteiger partial charge on any atom is 0.252 e. The quantitative estimate of drug-likeness (QED) is 0.283. The van der Waals surface area contributed by atoms with Gasteiger partial charge in [-0.3, -0.25) is 9.69 Å². The first-order chi connectivity index (χ1) is 18.4. The lowest BCUT2D eigenvalue weighted by molar-refractivity contribution is 0.161. The Bertz CT molecular complexity index is 1570. The molecular formula is C29H32N6O3. The number of hydrogen-bond donors (Lipinski definition) is 1. The van der Waals surface area contributed by atoms with E-state index < -0.39 is 0 Å². The van der Waals surface area contributed by atoms with Crippen molar-refractivity contribution in [1.29, 1.82) is 0 Å². The van der Waals surface area contributed by atoms with Crippen LogP contribution in [-0.2, 0) is 19.6 Å². The first-order valence-corrected chi connectivity index (χ1v) is 12.7. The molecule has 0 saturated heterocycles. The highest BCUT2D eigenvalue weighted by molar-refractivity contribution is 5.83. The Hall–Kier alpha value is -4.24. The number of benzene rings is 2. The molecule has 0 fully saturated rings. The highest BCUT2D eigenvalue weighted by Gasteiger charge is 2.26. The maximum absolute atomic E-state index is 13.2. The normalized spacial score (nSPS) is 12.3. The Kier molecular flexibility index (Phi) is 7.37. The van der Waals surface area contributed by atoms with E-state index in [1.807, 2.05) is 55.5 Å². The number of rotatable bonds is 10. The Labute approximate surface area is 221 Å². The average Bonchev–Trinajstić information content (AvgIpc) is 3.58. The van der Waals surface area contributed by atoms with Crippen molar-refractivity contribution in [2.45, 2.75) is 52.9 Å². The summed E-state index contributed by atoms with van der Waals surface area (Å²) in [6, 6.07) is 17.8. The van der Waals surface area contributed by atoms with Gasteiger partial charge in [0.1, 0.15) is 18.1 Å². The molecule has 0 amide bonds. The van der Waals surface area contributed by atoms with Gasteiger partial charge < -0.3 is 14.1 Å². The van der Waals surface area contributed by atoms with E-state index in [9.17, 15) is 4.79 Å². The minimum absolute atomic E-state index is 0.0905. The number of methoxy groups -OCH3 is 1. The molecule has 196 valence electrons. The molecule has 5 aromatic rings. The molecule has 3 heterocycles. The second-order valence-corrected chi connectivity index (χ2v) is 9.62. The summed E-state index contributed by atoms with van der Waals surface area (Å²) in [5.41, 5.74) is 4.81. The van der Waals surface area contributed by atoms with Gasteiger partial charge in [0.25, 0.3) is 5.56 Å². The van der Waals surface area contributed by atoms with Crippen LogP contribution in [0.5, 0.6) is 5.75 Å². The summed E-state index contributed by atoms with van der Waals surface area (Å²) in [7, 11) is 1.66. The summed E-state index contributed by atoms with van der Waals surface area (Å²) in [6.45, 7) is 7.67. The number of H-pyrrole nitrogens is 1. The third-order valence-electron chi connectivity index (χ3n) is 6.88. The first-order valence-electron chi connectivity index (χ1n) is 12.7. The van der Waals surface area contributed by atoms with E-state index in [1.165, 1.54) is 0 Å². The van der Waals surface area contributed by atoms with E-state index in [0.717, 1.165) is 51.3 Å². The molecule has 3 aromatic heterocycles. The van der Waals surface area contributed by atoms with Gasteiger partial charge in [0.05, 0.1) is 19.4 Å². The molecule has 0 radical (unpaired) electrons. The van der Waals surface area contributed by atoms with Crippen LogP contribution in [0.4, 0.5) is 0 Å². The molecule has 0 spiro atoms. The molecule has 2 aromatic carbocycles. The number of nitrogens with zero attached hydrogens (tertiary/aromatic N) is 5. The number of hydrogen-bond acceptors (Lipinski definition) is 7. The van der Waals surface area contributed by atoms with Gasteiger partial charge in [-0.05, 0) is 83.8 Å². The number of tetrazole rings is 1. The third kappa shape index (κ3) is 5.38. The highest BCUT2D eigenvalue weighted by atomic mass is 16.5. The minimum atomic E-state index is -0.142. The van der Waals surface area contributed by atoms with Crippen LogP contribution < -0.4 is 10.3 Å². The number of aromatic nitrogens is 5. The van der Waals surface area contributed by atoms with Crippen LogP contribution in [-0.4, -0.2) is 37.2 Å². The largest absolute Gasteiger partial charge is 0.497 e. The van der Waals surface area contributed by atoms with Gasteiger partial charge in [0, 0.05) is 29.6 Å². The molecule has 9 heteroatoms. The number of nitrogens with one attached hydrogen (secondary N) is 1. The molecule has 5 rings (SSSR count). The maximum atomic E-state index is 13.2. The molecule has 1 N–H and O–H groups in total. The number of ether oxygens (including phenoxy) is 1. The fraction of sp³-hybridized carbons (Fsp3) is 0.310. The predicted molar refractivity (Wildman–Crippen MR) is 145 cm³/mol. The van der Waals surface area contributed by atoms with Gasteiger partial charge in [-0.2, -0.15) is 0 Å². The summed E-state index contributed by atoms with van der Waals surface area (Å²) in [5.74, 6) is 2.29. The van der Waals surface area contributed by atoms with E-state index in [0.29, 0.717) is 25.2 Å². The van der Waals surface area contributed by atoms with Gasteiger partial charge in [-0.1, -0.05) is 25.1 Å². The lowest BCUT2D eigenvalue weighted by Gasteiger charge is -2.30. The van der Waals surface area contributed by atoms with Crippen molar-refractivity contribution in [2.24, 2.45) is 0 Å². The highest BCUT2D eigenvalue weighted by Crippen LogP contribution is 2.28. The van der Waals surface area contributed by atoms with Crippen LogP contribution >= 0.6 is 0 Å². The third-order valence-corrected chi connectivity index (χ3v) is 6.88. The Morgan fingerprint density at radius 1 is 1.11 bits per heavy atom. The molecule has 0 saturated carbocycles. The monoisotopic (exact) mass is 512 g/mol. The van der Waals surface area contributed by atoms with Crippen molar-refractivity contribution in [1.82, 2.24) is 30.1 Å². The van der Waals surface area contributed by atoms with Crippen LogP contribution in [0.15, 0.2) is 70.1 Å². The zero-order chi connectivity index (χ0) is 26.6. The Morgan fingerprint density at radius 3 is 2.63 bits per heavy atom. The topological polar surface area (TPSA) is 102 Å². The van der Waals surface area contributed by atoms with E-state index in [2.05, 4.69) is 45.3 Å². The van der Waals surface area contributed by atoms with E-state index >= 15 is 0 Å². The van der Waals surface area contributed by atoms with Gasteiger partial charge in [-0.15, -0.1) is 5.10 Å². The number of pyridine rings is 1. The van der Waals surface area contributed by atoms with Crippen LogP contribution in [0.3, 0.4) is 0 Å². The predicted octanol–water partition coefficient (Wildman–Crippen LogP) is 4.93. The van der Waals surface area contributed by atoms with Crippen LogP contribution in [0.2, 0.25) is 0 Å². The lowest BCUT2D eigenvalue weighted by atomic mass is 10.0. The van der Waals surface area contributed by atoms with Crippen LogP contribution in [0.1, 0.15) is 53.2 Å². The number of aryl methyl sites for hydroxylation is 2. The summed E-state index contributed by atoms with van der Waals surface area (Å²) >= 11 is 0. The van der Waals surface area contributed by atoms with Gasteiger partial charge >= 0.3 is 0 Å². The SMILES string of the molecule is CC[C@H](c1nnnn1Cc1ccco1)N(Cc1ccc(OC)cc1)Cc1cc2c(C)cc(C)cc2[nH]c1=O. The number of fused-ring (bicyclic) bond motifs is 1. The van der Waals surface area contributed by atoms with E-state index in [-0.39, 0.29) is 11.6 Å². The van der Waals surface area contributed by atoms with Gasteiger partial charge in [0.15, 0.2) is 5.82 Å². The number of furan rings is 1. The molecular weight excluding hydrogens is 480 g/mol. The van der Waals surface area contributed by atoms with Gasteiger partial charge in [-0.25, -0.2) is 4.68 Å². The summed E-state index contributed by atoms with van der Waals surface area (Å²) < 4.78 is 12.6. The zero-order valence-corrected chi connectivity index (χ0v) is 22.1. The fourth-order valence-corrected chi connectivity index (χ4v) is 5.01. The molecule has 0 aliphatic heterocycles. The lowest BCUT2D eigenvalue weighted by Crippen LogP contribution is -2.32. The summed E-state index contributed by atoms with van der Waals surface area (Å²) in [5, 5.41) is 13.7. The first kappa shape index (κ1) is 25.4. The summed E-state index contributed by atoms with van der Waals surface area (Å²) in [4.78, 5) is 18.6. The van der Waals surface area contributed by atoms with Crippen LogP contribution in [0, 0.1) is 13.8 Å². The molecule has 9 nitrogen and oxygen atoms in total. The fourth-order valence-electron chi connectivity index (χ4n) is 5.01. The molecule has 0 aliphatic carbocycles. The standard InChI is InChI=1S/C29H32N6O3/c1-5-27(28-31-32-33-35(28)18-24-7-6-12-38-24)34(16-21-8-10-23(37-4)11-9-21)17-22-15-25-20(3)13-19(2)14-26(25)30-29(22)36/h6-15,27H,5,16-18H2,1-4H3,(H,30,36)/t27-/m1/s1. The second kappa shape index (κ2) is 11.0.